The molecule has 0 radical (unpaired) electrons. The molecule has 0 amide bonds. The van der Waals surface area contributed by atoms with Gasteiger partial charge in [-0.3, -0.25) is 9.89 Å². The average molecular weight is 382 g/mol. The SMILES string of the molecule is CCC1Cc2sc(Cl)cc2C2(CCN(C/C(C=NC)=C/N)[C@@H](C)C2)O1. The van der Waals surface area contributed by atoms with Crippen molar-refractivity contribution < 1.29 is 4.74 Å². The molecule has 2 aliphatic rings. The van der Waals surface area contributed by atoms with Crippen LogP contribution in [0.3, 0.4) is 0 Å². The third kappa shape index (κ3) is 3.80. The smallest absolute Gasteiger partial charge is 0.0973 e. The third-order valence-electron chi connectivity index (χ3n) is 5.48. The molecule has 25 heavy (non-hydrogen) atoms. The number of nitrogens with two attached hydrogens (primary N) is 1. The van der Waals surface area contributed by atoms with E-state index in [-0.39, 0.29) is 5.60 Å². The van der Waals surface area contributed by atoms with E-state index in [0.29, 0.717) is 12.1 Å². The second-order valence-corrected chi connectivity index (χ2v) is 8.90. The lowest BCUT2D eigenvalue weighted by Gasteiger charge is -2.49. The van der Waals surface area contributed by atoms with Gasteiger partial charge in [-0.05, 0) is 49.6 Å². The number of halogens is 1. The third-order valence-corrected chi connectivity index (χ3v) is 6.76. The summed E-state index contributed by atoms with van der Waals surface area (Å²) in [5.41, 5.74) is 7.95. The molecule has 2 N–H and O–H groups in total. The van der Waals surface area contributed by atoms with Crippen molar-refractivity contribution in [2.24, 2.45) is 10.7 Å². The lowest BCUT2D eigenvalue weighted by Crippen LogP contribution is -2.52. The number of hydrogen-bond acceptors (Lipinski definition) is 5. The van der Waals surface area contributed by atoms with Gasteiger partial charge in [0.25, 0.3) is 0 Å². The van der Waals surface area contributed by atoms with Crippen molar-refractivity contribution in [3.8, 4) is 0 Å². The van der Waals surface area contributed by atoms with Crippen molar-refractivity contribution in [3.63, 3.8) is 0 Å². The second-order valence-electron chi connectivity index (χ2n) is 7.14. The lowest BCUT2D eigenvalue weighted by molar-refractivity contribution is -0.148. The number of hydrogen-bond donors (Lipinski definition) is 1. The maximum absolute atomic E-state index is 6.66. The molecule has 6 heteroatoms. The Kier molecular flexibility index (Phi) is 5.88. The van der Waals surface area contributed by atoms with E-state index in [1.165, 1.54) is 10.4 Å². The molecule has 1 spiro atoms. The monoisotopic (exact) mass is 381 g/mol. The van der Waals surface area contributed by atoms with Gasteiger partial charge in [-0.1, -0.05) is 18.5 Å². The Hall–Kier alpha value is -0.880. The summed E-state index contributed by atoms with van der Waals surface area (Å²) in [5, 5.41) is 0. The van der Waals surface area contributed by atoms with Gasteiger partial charge < -0.3 is 10.5 Å². The number of piperidine rings is 1. The lowest BCUT2D eigenvalue weighted by atomic mass is 9.78. The zero-order valence-corrected chi connectivity index (χ0v) is 16.9. The van der Waals surface area contributed by atoms with Crippen LogP contribution in [-0.4, -0.2) is 43.4 Å². The minimum absolute atomic E-state index is 0.181. The molecule has 1 saturated heterocycles. The molecule has 1 aromatic rings. The molecular weight excluding hydrogens is 354 g/mol. The van der Waals surface area contributed by atoms with Crippen molar-refractivity contribution >= 4 is 29.2 Å². The summed E-state index contributed by atoms with van der Waals surface area (Å²) in [6.45, 7) is 6.31. The van der Waals surface area contributed by atoms with E-state index in [1.807, 2.05) is 6.21 Å². The molecule has 1 fully saturated rings. The minimum atomic E-state index is -0.181. The van der Waals surface area contributed by atoms with Crippen LogP contribution in [0.2, 0.25) is 4.34 Å². The van der Waals surface area contributed by atoms with Gasteiger partial charge in [-0.15, -0.1) is 11.3 Å². The van der Waals surface area contributed by atoms with Gasteiger partial charge in [0.15, 0.2) is 0 Å². The summed E-state index contributed by atoms with van der Waals surface area (Å²) in [6.07, 6.45) is 7.83. The molecule has 3 rings (SSSR count). The van der Waals surface area contributed by atoms with Gasteiger partial charge >= 0.3 is 0 Å². The number of thiophene rings is 1. The van der Waals surface area contributed by atoms with Crippen molar-refractivity contribution in [3.05, 3.63) is 32.6 Å². The highest BCUT2D eigenvalue weighted by molar-refractivity contribution is 7.16. The summed E-state index contributed by atoms with van der Waals surface area (Å²) in [5.74, 6) is 0. The molecule has 2 unspecified atom stereocenters. The second kappa shape index (κ2) is 7.78. The van der Waals surface area contributed by atoms with Crippen LogP contribution in [0.15, 0.2) is 22.8 Å². The molecule has 4 nitrogen and oxygen atoms in total. The minimum Gasteiger partial charge on any atom is -0.404 e. The Morgan fingerprint density at radius 2 is 2.40 bits per heavy atom. The first-order chi connectivity index (χ1) is 12.0. The van der Waals surface area contributed by atoms with Crippen LogP contribution < -0.4 is 5.73 Å². The van der Waals surface area contributed by atoms with Crippen molar-refractivity contribution in [1.82, 2.24) is 4.90 Å². The maximum Gasteiger partial charge on any atom is 0.0973 e. The van der Waals surface area contributed by atoms with Gasteiger partial charge in [0.1, 0.15) is 0 Å². The normalized spacial score (nSPS) is 31.0. The Morgan fingerprint density at radius 1 is 1.60 bits per heavy atom. The number of fused-ring (bicyclic) bond motifs is 2. The topological polar surface area (TPSA) is 50.8 Å². The molecule has 138 valence electrons. The van der Waals surface area contributed by atoms with Gasteiger partial charge in [0.05, 0.1) is 16.0 Å². The fourth-order valence-electron chi connectivity index (χ4n) is 4.17. The van der Waals surface area contributed by atoms with Gasteiger partial charge in [0.2, 0.25) is 0 Å². The van der Waals surface area contributed by atoms with Crippen molar-refractivity contribution in [2.75, 3.05) is 20.1 Å². The van der Waals surface area contributed by atoms with E-state index in [4.69, 9.17) is 22.1 Å². The maximum atomic E-state index is 6.66. The number of likely N-dealkylation sites (tertiary alicyclic amines) is 1. The van der Waals surface area contributed by atoms with Crippen LogP contribution in [0.5, 0.6) is 0 Å². The highest BCUT2D eigenvalue weighted by Gasteiger charge is 2.46. The largest absolute Gasteiger partial charge is 0.404 e. The highest BCUT2D eigenvalue weighted by Crippen LogP contribution is 2.49. The fraction of sp³-hybridized carbons (Fsp3) is 0.632. The summed E-state index contributed by atoms with van der Waals surface area (Å²) in [4.78, 5) is 7.99. The van der Waals surface area contributed by atoms with E-state index in [0.717, 1.165) is 48.7 Å². The molecule has 0 bridgehead atoms. The van der Waals surface area contributed by atoms with Gasteiger partial charge in [-0.2, -0.15) is 0 Å². The Morgan fingerprint density at radius 3 is 3.04 bits per heavy atom. The van der Waals surface area contributed by atoms with Gasteiger partial charge in [-0.25, -0.2) is 0 Å². The first kappa shape index (κ1) is 18.9. The van der Waals surface area contributed by atoms with E-state index in [1.54, 1.807) is 24.6 Å². The number of aliphatic imine (C=N–C) groups is 1. The molecule has 3 atom stereocenters. The van der Waals surface area contributed by atoms with Crippen LogP contribution in [0.25, 0.3) is 0 Å². The number of ether oxygens (including phenoxy) is 1. The summed E-state index contributed by atoms with van der Waals surface area (Å²) < 4.78 is 7.54. The number of rotatable bonds is 4. The zero-order valence-electron chi connectivity index (χ0n) is 15.3. The Bertz CT molecular complexity index is 672. The van der Waals surface area contributed by atoms with Crippen LogP contribution in [0.1, 0.15) is 43.6 Å². The molecule has 0 aromatic carbocycles. The standard InChI is InChI=1S/C19H28ClN3OS/c1-4-15-7-17-16(8-18(20)25-17)19(24-15)5-6-23(13(2)9-19)12-14(10-21)11-22-3/h8,10-11,13,15H,4-7,9,12,21H2,1-3H3/b14-10+,22-11?/t13-,15?,19?/m0/s1. The average Bonchev–Trinajstić information content (AvgIpc) is 2.98. The molecular formula is C19H28ClN3OS. The van der Waals surface area contributed by atoms with Crippen LogP contribution in [0, 0.1) is 0 Å². The number of nitrogens with zero attached hydrogens (tertiary/aromatic N) is 2. The first-order valence-electron chi connectivity index (χ1n) is 9.04. The Labute approximate surface area is 159 Å². The summed E-state index contributed by atoms with van der Waals surface area (Å²) >= 11 is 8.08. The quantitative estimate of drug-likeness (QED) is 0.802. The first-order valence-corrected chi connectivity index (χ1v) is 10.2. The van der Waals surface area contributed by atoms with E-state index >= 15 is 0 Å². The fourth-order valence-corrected chi connectivity index (χ4v) is 5.59. The van der Waals surface area contributed by atoms with Crippen molar-refractivity contribution in [2.45, 2.75) is 57.3 Å². The molecule has 3 heterocycles. The predicted molar refractivity (Wildman–Crippen MR) is 107 cm³/mol. The summed E-state index contributed by atoms with van der Waals surface area (Å²) in [6, 6.07) is 2.56. The zero-order chi connectivity index (χ0) is 18.0. The van der Waals surface area contributed by atoms with Crippen LogP contribution in [0.4, 0.5) is 0 Å². The molecule has 1 aromatic heterocycles. The van der Waals surface area contributed by atoms with E-state index in [9.17, 15) is 0 Å². The van der Waals surface area contributed by atoms with Crippen LogP contribution >= 0.6 is 22.9 Å². The van der Waals surface area contributed by atoms with Crippen molar-refractivity contribution in [1.29, 1.82) is 0 Å². The molecule has 0 aliphatic carbocycles. The highest BCUT2D eigenvalue weighted by atomic mass is 35.5. The predicted octanol–water partition coefficient (Wildman–Crippen LogP) is 3.98. The van der Waals surface area contributed by atoms with Gasteiger partial charge in [0, 0.05) is 43.7 Å². The molecule has 2 aliphatic heterocycles. The van der Waals surface area contributed by atoms with E-state index < -0.39 is 0 Å². The Balaban J connectivity index is 1.81. The molecule has 0 saturated carbocycles. The van der Waals surface area contributed by atoms with E-state index in [2.05, 4.69) is 29.8 Å². The summed E-state index contributed by atoms with van der Waals surface area (Å²) in [7, 11) is 1.78. The van der Waals surface area contributed by atoms with Crippen LogP contribution in [-0.2, 0) is 16.8 Å².